The van der Waals surface area contributed by atoms with E-state index in [2.05, 4.69) is 18.2 Å². The second kappa shape index (κ2) is 8.34. The van der Waals surface area contributed by atoms with Gasteiger partial charge in [0.1, 0.15) is 0 Å². The predicted molar refractivity (Wildman–Crippen MR) is 80.5 cm³/mol. The molecular weight excluding hydrogens is 254 g/mol. The molecule has 1 unspecified atom stereocenters. The zero-order valence-electron chi connectivity index (χ0n) is 12.7. The summed E-state index contributed by atoms with van der Waals surface area (Å²) in [5, 5.41) is 3.43. The molecule has 0 amide bonds. The number of ether oxygens (including phenoxy) is 3. The summed E-state index contributed by atoms with van der Waals surface area (Å²) in [6, 6.07) is 4.15. The average molecular weight is 277 g/mol. The first-order valence-corrected chi connectivity index (χ1v) is 6.66. The molecule has 0 spiro atoms. The van der Waals surface area contributed by atoms with Crippen LogP contribution in [-0.4, -0.2) is 27.4 Å². The lowest BCUT2D eigenvalue weighted by Crippen LogP contribution is -2.27. The maximum Gasteiger partial charge on any atom is 0.203 e. The van der Waals surface area contributed by atoms with Gasteiger partial charge in [-0.05, 0) is 12.5 Å². The molecule has 4 nitrogen and oxygen atoms in total. The topological polar surface area (TPSA) is 39.7 Å². The van der Waals surface area contributed by atoms with E-state index in [0.29, 0.717) is 36.3 Å². The van der Waals surface area contributed by atoms with Gasteiger partial charge in [0.25, 0.3) is 0 Å². The van der Waals surface area contributed by atoms with Crippen molar-refractivity contribution in [2.24, 2.45) is 0 Å². The van der Waals surface area contributed by atoms with Crippen molar-refractivity contribution in [3.05, 3.63) is 17.7 Å². The van der Waals surface area contributed by atoms with Crippen LogP contribution in [0.3, 0.4) is 0 Å². The smallest absolute Gasteiger partial charge is 0.203 e. The van der Waals surface area contributed by atoms with Crippen LogP contribution in [0, 0.1) is 12.3 Å². The molecule has 110 valence electrons. The van der Waals surface area contributed by atoms with E-state index in [1.54, 1.807) is 21.3 Å². The van der Waals surface area contributed by atoms with Crippen LogP contribution in [0.15, 0.2) is 12.1 Å². The van der Waals surface area contributed by atoms with E-state index in [-0.39, 0.29) is 0 Å². The standard InChI is InChI=1S/C16H23NO3/c1-6-8-13(7-2)17-11-12-9-10-14(18-3)16(20-5)15(12)19-4/h1,9-10,13,17H,7-8,11H2,2-5H3. The third kappa shape index (κ3) is 3.82. The van der Waals surface area contributed by atoms with Crippen molar-refractivity contribution < 1.29 is 14.2 Å². The van der Waals surface area contributed by atoms with Crippen molar-refractivity contribution in [2.75, 3.05) is 21.3 Å². The zero-order chi connectivity index (χ0) is 15.0. The van der Waals surface area contributed by atoms with Crippen LogP contribution >= 0.6 is 0 Å². The molecule has 20 heavy (non-hydrogen) atoms. The van der Waals surface area contributed by atoms with Crippen molar-refractivity contribution in [2.45, 2.75) is 32.4 Å². The Kier molecular flexibility index (Phi) is 6.75. The first-order valence-electron chi connectivity index (χ1n) is 6.66. The maximum atomic E-state index is 5.45. The number of hydrogen-bond donors (Lipinski definition) is 1. The molecule has 0 radical (unpaired) electrons. The highest BCUT2D eigenvalue weighted by Crippen LogP contribution is 2.39. The number of hydrogen-bond acceptors (Lipinski definition) is 4. The molecule has 1 N–H and O–H groups in total. The fraction of sp³-hybridized carbons (Fsp3) is 0.500. The monoisotopic (exact) mass is 277 g/mol. The van der Waals surface area contributed by atoms with E-state index in [9.17, 15) is 0 Å². The lowest BCUT2D eigenvalue weighted by atomic mass is 10.1. The van der Waals surface area contributed by atoms with Gasteiger partial charge < -0.3 is 19.5 Å². The molecule has 0 aliphatic heterocycles. The number of rotatable bonds is 8. The molecule has 0 aliphatic carbocycles. The summed E-state index contributed by atoms with van der Waals surface area (Å²) in [6.45, 7) is 2.78. The molecule has 0 saturated carbocycles. The molecule has 1 atom stereocenters. The van der Waals surface area contributed by atoms with Crippen LogP contribution in [0.2, 0.25) is 0 Å². The molecular formula is C16H23NO3. The van der Waals surface area contributed by atoms with Gasteiger partial charge in [-0.1, -0.05) is 13.0 Å². The van der Waals surface area contributed by atoms with E-state index >= 15 is 0 Å². The largest absolute Gasteiger partial charge is 0.493 e. The van der Waals surface area contributed by atoms with Crippen molar-refractivity contribution in [3.63, 3.8) is 0 Å². The summed E-state index contributed by atoms with van der Waals surface area (Å²) in [6.07, 6.45) is 7.06. The summed E-state index contributed by atoms with van der Waals surface area (Å²) >= 11 is 0. The van der Waals surface area contributed by atoms with Gasteiger partial charge in [-0.25, -0.2) is 0 Å². The minimum atomic E-state index is 0.304. The molecule has 0 aromatic heterocycles. The third-order valence-corrected chi connectivity index (χ3v) is 3.22. The van der Waals surface area contributed by atoms with E-state index in [0.717, 1.165) is 12.0 Å². The summed E-state index contributed by atoms with van der Waals surface area (Å²) in [5.74, 6) is 4.64. The molecule has 4 heteroatoms. The molecule has 0 bridgehead atoms. The Morgan fingerprint density at radius 2 is 1.85 bits per heavy atom. The van der Waals surface area contributed by atoms with Gasteiger partial charge in [0.15, 0.2) is 11.5 Å². The van der Waals surface area contributed by atoms with E-state index in [1.165, 1.54) is 0 Å². The van der Waals surface area contributed by atoms with Crippen molar-refractivity contribution in [1.29, 1.82) is 0 Å². The highest BCUT2D eigenvalue weighted by molar-refractivity contribution is 5.55. The lowest BCUT2D eigenvalue weighted by Gasteiger charge is -2.18. The van der Waals surface area contributed by atoms with E-state index < -0.39 is 0 Å². The molecule has 1 rings (SSSR count). The minimum absolute atomic E-state index is 0.304. The Balaban J connectivity index is 2.92. The highest BCUT2D eigenvalue weighted by Gasteiger charge is 2.16. The van der Waals surface area contributed by atoms with E-state index in [4.69, 9.17) is 20.6 Å². The molecule has 0 aliphatic rings. The Bertz CT molecular complexity index is 466. The van der Waals surface area contributed by atoms with Gasteiger partial charge in [-0.2, -0.15) is 0 Å². The fourth-order valence-corrected chi connectivity index (χ4v) is 2.06. The Morgan fingerprint density at radius 1 is 1.15 bits per heavy atom. The quantitative estimate of drug-likeness (QED) is 0.741. The van der Waals surface area contributed by atoms with Crippen LogP contribution in [0.4, 0.5) is 0 Å². The van der Waals surface area contributed by atoms with Gasteiger partial charge in [-0.3, -0.25) is 0 Å². The van der Waals surface area contributed by atoms with Crippen LogP contribution < -0.4 is 19.5 Å². The SMILES string of the molecule is C#CCC(CC)NCc1ccc(OC)c(OC)c1OC. The average Bonchev–Trinajstić information content (AvgIpc) is 2.50. The summed E-state index contributed by atoms with van der Waals surface area (Å²) in [7, 11) is 4.83. The number of methoxy groups -OCH3 is 3. The minimum Gasteiger partial charge on any atom is -0.493 e. The van der Waals surface area contributed by atoms with Gasteiger partial charge in [0.2, 0.25) is 5.75 Å². The number of nitrogens with one attached hydrogen (secondary N) is 1. The summed E-state index contributed by atoms with van der Waals surface area (Å²) in [4.78, 5) is 0. The van der Waals surface area contributed by atoms with Gasteiger partial charge in [0, 0.05) is 24.6 Å². The second-order valence-corrected chi connectivity index (χ2v) is 4.39. The van der Waals surface area contributed by atoms with Crippen LogP contribution in [0.5, 0.6) is 17.2 Å². The molecule has 0 saturated heterocycles. The Hall–Kier alpha value is -1.86. The van der Waals surface area contributed by atoms with Gasteiger partial charge in [-0.15, -0.1) is 12.3 Å². The molecule has 0 fully saturated rings. The van der Waals surface area contributed by atoms with Crippen molar-refractivity contribution in [1.82, 2.24) is 5.32 Å². The predicted octanol–water partition coefficient (Wildman–Crippen LogP) is 2.60. The third-order valence-electron chi connectivity index (χ3n) is 3.22. The number of benzene rings is 1. The van der Waals surface area contributed by atoms with Crippen molar-refractivity contribution >= 4 is 0 Å². The molecule has 1 aromatic rings. The summed E-state index contributed by atoms with van der Waals surface area (Å²) < 4.78 is 16.1. The van der Waals surface area contributed by atoms with Gasteiger partial charge in [0.05, 0.1) is 21.3 Å². The van der Waals surface area contributed by atoms with E-state index in [1.807, 2.05) is 12.1 Å². The second-order valence-electron chi connectivity index (χ2n) is 4.39. The normalized spacial score (nSPS) is 11.6. The van der Waals surface area contributed by atoms with Crippen LogP contribution in [0.25, 0.3) is 0 Å². The summed E-state index contributed by atoms with van der Waals surface area (Å²) in [5.41, 5.74) is 1.01. The van der Waals surface area contributed by atoms with Gasteiger partial charge >= 0.3 is 0 Å². The zero-order valence-corrected chi connectivity index (χ0v) is 12.7. The molecule has 0 heterocycles. The van der Waals surface area contributed by atoms with Crippen LogP contribution in [-0.2, 0) is 6.54 Å². The van der Waals surface area contributed by atoms with Crippen molar-refractivity contribution in [3.8, 4) is 29.6 Å². The first-order chi connectivity index (χ1) is 9.71. The maximum absolute atomic E-state index is 5.45. The Labute approximate surface area is 121 Å². The Morgan fingerprint density at radius 3 is 2.35 bits per heavy atom. The first kappa shape index (κ1) is 16.2. The fourth-order valence-electron chi connectivity index (χ4n) is 2.06. The van der Waals surface area contributed by atoms with Crippen LogP contribution in [0.1, 0.15) is 25.3 Å². The number of terminal acetylenes is 1. The molecule has 1 aromatic carbocycles. The lowest BCUT2D eigenvalue weighted by molar-refractivity contribution is 0.321. The highest BCUT2D eigenvalue weighted by atomic mass is 16.5.